The Hall–Kier alpha value is -2.44. The molecule has 1 aromatic heterocycles. The zero-order valence-corrected chi connectivity index (χ0v) is 8.95. The normalized spacial score (nSPS) is 10.4. The average Bonchev–Trinajstić information content (AvgIpc) is 2.67. The van der Waals surface area contributed by atoms with E-state index in [2.05, 4.69) is 10.1 Å². The average molecular weight is 235 g/mol. The van der Waals surface area contributed by atoms with Crippen molar-refractivity contribution in [2.75, 3.05) is 0 Å². The number of hydrogen-bond donors (Lipinski definition) is 1. The summed E-state index contributed by atoms with van der Waals surface area (Å²) in [5.41, 5.74) is 0.304. The molecular formula is C10H9N3O4. The highest BCUT2D eigenvalue weighted by atomic mass is 16.6. The summed E-state index contributed by atoms with van der Waals surface area (Å²) in [5, 5.41) is 23.8. The third-order valence-electron chi connectivity index (χ3n) is 2.19. The van der Waals surface area contributed by atoms with Gasteiger partial charge in [-0.05, 0) is 6.07 Å². The Morgan fingerprint density at radius 2 is 2.29 bits per heavy atom. The molecule has 0 unspecified atom stereocenters. The van der Waals surface area contributed by atoms with E-state index in [-0.39, 0.29) is 17.9 Å². The minimum Gasteiger partial charge on any atom is -0.508 e. The molecule has 0 aliphatic rings. The first-order chi connectivity index (χ1) is 8.06. The van der Waals surface area contributed by atoms with E-state index < -0.39 is 4.92 Å². The molecule has 0 amide bonds. The van der Waals surface area contributed by atoms with E-state index in [1.165, 1.54) is 18.2 Å². The number of nitrogens with zero attached hydrogens (tertiary/aromatic N) is 3. The Morgan fingerprint density at radius 3 is 2.88 bits per heavy atom. The van der Waals surface area contributed by atoms with Crippen molar-refractivity contribution in [2.45, 2.75) is 13.3 Å². The van der Waals surface area contributed by atoms with E-state index in [0.717, 1.165) is 0 Å². The molecule has 2 rings (SSSR count). The number of nitro benzene ring substituents is 1. The van der Waals surface area contributed by atoms with E-state index in [1.54, 1.807) is 6.92 Å². The largest absolute Gasteiger partial charge is 0.508 e. The number of nitro groups is 1. The van der Waals surface area contributed by atoms with Gasteiger partial charge in [0.25, 0.3) is 5.69 Å². The summed E-state index contributed by atoms with van der Waals surface area (Å²) in [6, 6.07) is 3.81. The molecule has 1 heterocycles. The van der Waals surface area contributed by atoms with Crippen LogP contribution in [0, 0.1) is 17.0 Å². The molecule has 0 atom stereocenters. The van der Waals surface area contributed by atoms with Gasteiger partial charge in [0.05, 0.1) is 4.92 Å². The van der Waals surface area contributed by atoms with E-state index in [4.69, 9.17) is 4.52 Å². The molecule has 0 radical (unpaired) electrons. The Morgan fingerprint density at radius 1 is 1.53 bits per heavy atom. The standard InChI is InChI=1S/C10H9N3O4/c1-6-11-10(12-17-6)5-7-4-8(13(15)16)2-3-9(7)14/h2-4,14H,5H2,1H3. The second-order valence-electron chi connectivity index (χ2n) is 3.48. The third kappa shape index (κ3) is 2.39. The van der Waals surface area contributed by atoms with Gasteiger partial charge in [-0.3, -0.25) is 10.1 Å². The molecule has 17 heavy (non-hydrogen) atoms. The molecule has 1 N–H and O–H groups in total. The first-order valence-electron chi connectivity index (χ1n) is 4.82. The number of hydrogen-bond acceptors (Lipinski definition) is 6. The molecule has 2 aromatic rings. The summed E-state index contributed by atoms with van der Waals surface area (Å²) in [7, 11) is 0. The van der Waals surface area contributed by atoms with Crippen molar-refractivity contribution in [3.8, 4) is 5.75 Å². The lowest BCUT2D eigenvalue weighted by Crippen LogP contribution is -1.94. The number of non-ortho nitro benzene ring substituents is 1. The van der Waals surface area contributed by atoms with Crippen LogP contribution in [0.2, 0.25) is 0 Å². The number of aryl methyl sites for hydroxylation is 1. The van der Waals surface area contributed by atoms with Crippen molar-refractivity contribution in [3.05, 3.63) is 45.6 Å². The van der Waals surface area contributed by atoms with Gasteiger partial charge in [0.15, 0.2) is 5.82 Å². The highest BCUT2D eigenvalue weighted by Gasteiger charge is 2.13. The quantitative estimate of drug-likeness (QED) is 0.640. The molecule has 88 valence electrons. The first kappa shape index (κ1) is 11.1. The maximum absolute atomic E-state index is 10.6. The van der Waals surface area contributed by atoms with Gasteiger partial charge in [-0.2, -0.15) is 4.98 Å². The summed E-state index contributed by atoms with van der Waals surface area (Å²) in [6.07, 6.45) is 0.185. The zero-order chi connectivity index (χ0) is 12.4. The van der Waals surface area contributed by atoms with Crippen LogP contribution in [0.5, 0.6) is 5.75 Å². The molecule has 1 aromatic carbocycles. The predicted octanol–water partition coefficient (Wildman–Crippen LogP) is 1.58. The summed E-state index contributed by atoms with van der Waals surface area (Å²) in [5.74, 6) is 0.751. The van der Waals surface area contributed by atoms with Gasteiger partial charge in [0.2, 0.25) is 5.89 Å². The zero-order valence-electron chi connectivity index (χ0n) is 8.95. The van der Waals surface area contributed by atoms with Gasteiger partial charge >= 0.3 is 0 Å². The summed E-state index contributed by atoms with van der Waals surface area (Å²) < 4.78 is 4.78. The number of aromatic hydroxyl groups is 1. The van der Waals surface area contributed by atoms with Crippen molar-refractivity contribution in [3.63, 3.8) is 0 Å². The van der Waals surface area contributed by atoms with Crippen molar-refractivity contribution in [1.29, 1.82) is 0 Å². The Kier molecular flexibility index (Phi) is 2.73. The molecule has 0 aliphatic carbocycles. The summed E-state index contributed by atoms with van der Waals surface area (Å²) >= 11 is 0. The van der Waals surface area contributed by atoms with Gasteiger partial charge in [-0.15, -0.1) is 0 Å². The molecule has 0 fully saturated rings. The van der Waals surface area contributed by atoms with Crippen LogP contribution in [0.3, 0.4) is 0 Å². The number of phenolic OH excluding ortho intramolecular Hbond substituents is 1. The Bertz CT molecular complexity index is 564. The van der Waals surface area contributed by atoms with Crippen molar-refractivity contribution >= 4 is 5.69 Å². The van der Waals surface area contributed by atoms with E-state index >= 15 is 0 Å². The fourth-order valence-electron chi connectivity index (χ4n) is 1.41. The van der Waals surface area contributed by atoms with Crippen LogP contribution < -0.4 is 0 Å². The maximum atomic E-state index is 10.6. The number of phenols is 1. The molecule has 0 aliphatic heterocycles. The van der Waals surface area contributed by atoms with Gasteiger partial charge < -0.3 is 9.63 Å². The highest BCUT2D eigenvalue weighted by Crippen LogP contribution is 2.24. The second kappa shape index (κ2) is 4.20. The summed E-state index contributed by atoms with van der Waals surface area (Å²) in [6.45, 7) is 1.64. The van der Waals surface area contributed by atoms with Crippen LogP contribution in [0.1, 0.15) is 17.3 Å². The topological polar surface area (TPSA) is 102 Å². The Balaban J connectivity index is 2.31. The monoisotopic (exact) mass is 235 g/mol. The number of benzene rings is 1. The van der Waals surface area contributed by atoms with Crippen LogP contribution in [-0.4, -0.2) is 20.2 Å². The third-order valence-corrected chi connectivity index (χ3v) is 2.19. The SMILES string of the molecule is Cc1nc(Cc2cc([N+](=O)[O-])ccc2O)no1. The van der Waals surface area contributed by atoms with Gasteiger partial charge in [-0.25, -0.2) is 0 Å². The minimum absolute atomic E-state index is 0.0296. The van der Waals surface area contributed by atoms with Gasteiger partial charge in [-0.1, -0.05) is 5.16 Å². The van der Waals surface area contributed by atoms with Gasteiger partial charge in [0.1, 0.15) is 5.75 Å². The van der Waals surface area contributed by atoms with Crippen molar-refractivity contribution in [1.82, 2.24) is 10.1 Å². The van der Waals surface area contributed by atoms with Crippen molar-refractivity contribution < 1.29 is 14.6 Å². The summed E-state index contributed by atoms with van der Waals surface area (Å²) in [4.78, 5) is 14.0. The maximum Gasteiger partial charge on any atom is 0.269 e. The lowest BCUT2D eigenvalue weighted by Gasteiger charge is -2.01. The van der Waals surface area contributed by atoms with Crippen LogP contribution in [0.15, 0.2) is 22.7 Å². The minimum atomic E-state index is -0.523. The van der Waals surface area contributed by atoms with Gasteiger partial charge in [0, 0.05) is 31.0 Å². The number of rotatable bonds is 3. The smallest absolute Gasteiger partial charge is 0.269 e. The molecule has 0 saturated heterocycles. The Labute approximate surface area is 95.9 Å². The molecular weight excluding hydrogens is 226 g/mol. The van der Waals surface area contributed by atoms with Crippen LogP contribution in [0.25, 0.3) is 0 Å². The fraction of sp³-hybridized carbons (Fsp3) is 0.200. The van der Waals surface area contributed by atoms with E-state index in [1.807, 2.05) is 0 Å². The first-order valence-corrected chi connectivity index (χ1v) is 4.82. The fourth-order valence-corrected chi connectivity index (χ4v) is 1.41. The number of aromatic nitrogens is 2. The molecule has 7 nitrogen and oxygen atoms in total. The van der Waals surface area contributed by atoms with E-state index in [9.17, 15) is 15.2 Å². The predicted molar refractivity (Wildman–Crippen MR) is 56.6 cm³/mol. The highest BCUT2D eigenvalue weighted by molar-refractivity contribution is 5.44. The van der Waals surface area contributed by atoms with Crippen molar-refractivity contribution in [2.24, 2.45) is 0 Å². The second-order valence-corrected chi connectivity index (χ2v) is 3.48. The molecule has 0 bridgehead atoms. The molecule has 0 spiro atoms. The van der Waals surface area contributed by atoms with Crippen LogP contribution in [0.4, 0.5) is 5.69 Å². The lowest BCUT2D eigenvalue weighted by molar-refractivity contribution is -0.384. The molecule has 0 saturated carbocycles. The van der Waals surface area contributed by atoms with Crippen LogP contribution >= 0.6 is 0 Å². The van der Waals surface area contributed by atoms with E-state index in [0.29, 0.717) is 17.3 Å². The molecule has 7 heteroatoms. The lowest BCUT2D eigenvalue weighted by atomic mass is 10.1. The van der Waals surface area contributed by atoms with Crippen LogP contribution in [-0.2, 0) is 6.42 Å².